The van der Waals surface area contributed by atoms with Crippen LogP contribution in [0.2, 0.25) is 5.02 Å². The van der Waals surface area contributed by atoms with Gasteiger partial charge in [0.05, 0.1) is 40.8 Å². The standard InChI is InChI=1S/C20H18ClN7O3S/c1-10(9-29)25-17(22)16-18(30)27-32-19(16)26-12-4-11(5-23-6-12)20(31)28-3-2-13-14(21)7-24-8-15(13)28/h2-8,10,26,29H,9H2,1H3,(H2,22,25)(H,27,30). The highest BCUT2D eigenvalue weighted by Gasteiger charge is 2.20. The quantitative estimate of drug-likeness (QED) is 0.213. The first-order valence-electron chi connectivity index (χ1n) is 9.41. The van der Waals surface area contributed by atoms with Crippen molar-refractivity contribution in [3.63, 3.8) is 0 Å². The number of amidine groups is 1. The van der Waals surface area contributed by atoms with Gasteiger partial charge in [0, 0.05) is 30.0 Å². The number of anilines is 2. The largest absolute Gasteiger partial charge is 0.492 e. The van der Waals surface area contributed by atoms with Crippen LogP contribution in [0.4, 0.5) is 10.7 Å². The molecule has 32 heavy (non-hydrogen) atoms. The van der Waals surface area contributed by atoms with E-state index in [1.165, 1.54) is 23.2 Å². The topological polar surface area (TPSA) is 149 Å². The Labute approximate surface area is 191 Å². The van der Waals surface area contributed by atoms with E-state index in [0.29, 0.717) is 32.2 Å². The molecule has 12 heteroatoms. The number of hydrogen-bond donors (Lipinski definition) is 5. The molecule has 0 aliphatic heterocycles. The van der Waals surface area contributed by atoms with Gasteiger partial charge in [-0.1, -0.05) is 11.6 Å². The predicted molar refractivity (Wildman–Crippen MR) is 122 cm³/mol. The van der Waals surface area contributed by atoms with Gasteiger partial charge in [-0.2, -0.15) is 4.37 Å². The SMILES string of the molecule is CC(CO)NC(=N)c1c(O)nsc1Nc1cncc(C(=O)n2ccc3c(Cl)cncc32)c1. The summed E-state index contributed by atoms with van der Waals surface area (Å²) in [5.41, 5.74) is 1.51. The summed E-state index contributed by atoms with van der Waals surface area (Å²) in [5, 5.41) is 34.8. The van der Waals surface area contributed by atoms with E-state index in [2.05, 4.69) is 25.0 Å². The van der Waals surface area contributed by atoms with E-state index in [9.17, 15) is 15.0 Å². The summed E-state index contributed by atoms with van der Waals surface area (Å²) in [6, 6.07) is 2.97. The van der Waals surface area contributed by atoms with Gasteiger partial charge >= 0.3 is 0 Å². The average Bonchev–Trinajstić information content (AvgIpc) is 3.37. The number of nitrogens with one attached hydrogen (secondary N) is 3. The number of rotatable bonds is 6. The molecule has 0 aliphatic carbocycles. The third kappa shape index (κ3) is 4.13. The fourth-order valence-corrected chi connectivity index (χ4v) is 3.98. The number of aliphatic hydroxyl groups excluding tert-OH is 1. The average molecular weight is 472 g/mol. The van der Waals surface area contributed by atoms with Gasteiger partial charge in [0.1, 0.15) is 16.4 Å². The molecule has 0 amide bonds. The summed E-state index contributed by atoms with van der Waals surface area (Å²) in [5.74, 6) is -0.731. The van der Waals surface area contributed by atoms with E-state index < -0.39 is 0 Å². The molecule has 0 aromatic carbocycles. The van der Waals surface area contributed by atoms with E-state index in [4.69, 9.17) is 17.0 Å². The van der Waals surface area contributed by atoms with Crippen LogP contribution in [0.25, 0.3) is 10.9 Å². The maximum absolute atomic E-state index is 13.1. The summed E-state index contributed by atoms with van der Waals surface area (Å²) in [6.07, 6.45) is 7.65. The first-order valence-corrected chi connectivity index (χ1v) is 10.6. The monoisotopic (exact) mass is 471 g/mol. The molecule has 4 aromatic heterocycles. The molecule has 5 N–H and O–H groups in total. The van der Waals surface area contributed by atoms with Crippen molar-refractivity contribution in [3.8, 4) is 5.88 Å². The first-order chi connectivity index (χ1) is 15.4. The van der Waals surface area contributed by atoms with Crippen molar-refractivity contribution < 1.29 is 15.0 Å². The molecule has 0 aliphatic rings. The molecule has 4 rings (SSSR count). The fraction of sp³-hybridized carbons (Fsp3) is 0.150. The minimum Gasteiger partial charge on any atom is -0.492 e. The number of nitrogens with zero attached hydrogens (tertiary/aromatic N) is 4. The zero-order valence-corrected chi connectivity index (χ0v) is 18.3. The van der Waals surface area contributed by atoms with Gasteiger partial charge in [-0.15, -0.1) is 0 Å². The lowest BCUT2D eigenvalue weighted by Gasteiger charge is -2.14. The Morgan fingerprint density at radius 3 is 2.88 bits per heavy atom. The van der Waals surface area contributed by atoms with E-state index in [1.807, 2.05) is 0 Å². The smallest absolute Gasteiger partial charge is 0.264 e. The van der Waals surface area contributed by atoms with Crippen molar-refractivity contribution in [2.75, 3.05) is 11.9 Å². The maximum atomic E-state index is 13.1. The number of halogens is 1. The second-order valence-corrected chi connectivity index (χ2v) is 8.13. The summed E-state index contributed by atoms with van der Waals surface area (Å²) in [4.78, 5) is 21.3. The van der Waals surface area contributed by atoms with Gasteiger partial charge in [0.25, 0.3) is 5.91 Å². The Hall–Kier alpha value is -3.54. The number of carbonyl (C=O) groups is 1. The van der Waals surface area contributed by atoms with Crippen molar-refractivity contribution in [1.82, 2.24) is 24.2 Å². The Morgan fingerprint density at radius 1 is 1.31 bits per heavy atom. The van der Waals surface area contributed by atoms with Gasteiger partial charge in [0.15, 0.2) is 0 Å². The van der Waals surface area contributed by atoms with Gasteiger partial charge in [-0.3, -0.25) is 24.7 Å². The number of fused-ring (bicyclic) bond motifs is 1. The highest BCUT2D eigenvalue weighted by molar-refractivity contribution is 7.11. The zero-order chi connectivity index (χ0) is 22.8. The van der Waals surface area contributed by atoms with Crippen LogP contribution in [0.15, 0.2) is 43.1 Å². The number of aliphatic hydroxyl groups is 1. The van der Waals surface area contributed by atoms with Gasteiger partial charge in [-0.25, -0.2) is 0 Å². The van der Waals surface area contributed by atoms with Gasteiger partial charge in [0.2, 0.25) is 5.88 Å². The molecule has 164 valence electrons. The molecule has 1 unspecified atom stereocenters. The predicted octanol–water partition coefficient (Wildman–Crippen LogP) is 2.97. The number of aromatic hydroxyl groups is 1. The van der Waals surface area contributed by atoms with Crippen molar-refractivity contribution in [2.45, 2.75) is 13.0 Å². The summed E-state index contributed by atoms with van der Waals surface area (Å²) in [6.45, 7) is 1.53. The van der Waals surface area contributed by atoms with Crippen LogP contribution in [0.3, 0.4) is 0 Å². The second kappa shape index (κ2) is 8.91. The number of carbonyl (C=O) groups excluding carboxylic acids is 1. The molecule has 0 saturated heterocycles. The minimum absolute atomic E-state index is 0.0938. The van der Waals surface area contributed by atoms with Crippen LogP contribution in [0.5, 0.6) is 5.88 Å². The molecule has 1 atom stereocenters. The second-order valence-electron chi connectivity index (χ2n) is 6.95. The van der Waals surface area contributed by atoms with E-state index in [0.717, 1.165) is 11.5 Å². The Morgan fingerprint density at radius 2 is 2.09 bits per heavy atom. The molecule has 0 fully saturated rings. The molecule has 4 aromatic rings. The summed E-state index contributed by atoms with van der Waals surface area (Å²) in [7, 11) is 0. The van der Waals surface area contributed by atoms with Crippen LogP contribution in [0, 0.1) is 5.41 Å². The molecule has 0 spiro atoms. The minimum atomic E-state index is -0.378. The molecule has 0 saturated carbocycles. The lowest BCUT2D eigenvalue weighted by atomic mass is 10.2. The molecule has 10 nitrogen and oxygen atoms in total. The summed E-state index contributed by atoms with van der Waals surface area (Å²) < 4.78 is 5.33. The zero-order valence-electron chi connectivity index (χ0n) is 16.7. The van der Waals surface area contributed by atoms with E-state index in [-0.39, 0.29) is 35.8 Å². The van der Waals surface area contributed by atoms with Crippen molar-refractivity contribution in [2.24, 2.45) is 0 Å². The highest BCUT2D eigenvalue weighted by Crippen LogP contribution is 2.32. The Balaban J connectivity index is 1.61. The van der Waals surface area contributed by atoms with Crippen molar-refractivity contribution >= 4 is 56.5 Å². The van der Waals surface area contributed by atoms with Crippen LogP contribution < -0.4 is 10.6 Å². The Kier molecular flexibility index (Phi) is 6.04. The molecule has 4 heterocycles. The van der Waals surface area contributed by atoms with Gasteiger partial charge in [-0.05, 0) is 30.6 Å². The third-order valence-corrected chi connectivity index (χ3v) is 5.67. The Bertz CT molecular complexity index is 1320. The number of hydrogen-bond acceptors (Lipinski definition) is 9. The number of aromatic nitrogens is 4. The molecular formula is C20H18ClN7O3S. The maximum Gasteiger partial charge on any atom is 0.264 e. The lowest BCUT2D eigenvalue weighted by Crippen LogP contribution is -2.35. The molecule has 0 bridgehead atoms. The fourth-order valence-electron chi connectivity index (χ4n) is 3.05. The van der Waals surface area contributed by atoms with E-state index >= 15 is 0 Å². The van der Waals surface area contributed by atoms with Gasteiger partial charge < -0.3 is 20.8 Å². The van der Waals surface area contributed by atoms with Crippen LogP contribution in [-0.4, -0.2) is 53.5 Å². The highest BCUT2D eigenvalue weighted by atomic mass is 35.5. The molecule has 0 radical (unpaired) electrons. The van der Waals surface area contributed by atoms with Crippen molar-refractivity contribution in [1.29, 1.82) is 5.41 Å². The number of pyridine rings is 2. The van der Waals surface area contributed by atoms with Crippen LogP contribution >= 0.6 is 23.1 Å². The van der Waals surface area contributed by atoms with Crippen molar-refractivity contribution in [3.05, 3.63) is 59.3 Å². The molecular weight excluding hydrogens is 454 g/mol. The first kappa shape index (κ1) is 21.7. The lowest BCUT2D eigenvalue weighted by molar-refractivity contribution is 0.0964. The summed E-state index contributed by atoms with van der Waals surface area (Å²) >= 11 is 7.10. The third-order valence-electron chi connectivity index (χ3n) is 4.62. The van der Waals surface area contributed by atoms with Crippen LogP contribution in [-0.2, 0) is 0 Å². The van der Waals surface area contributed by atoms with Crippen LogP contribution in [0.1, 0.15) is 22.8 Å². The van der Waals surface area contributed by atoms with E-state index in [1.54, 1.807) is 31.5 Å². The normalized spacial score (nSPS) is 12.0.